The molecule has 144 valence electrons. The first-order valence-electron chi connectivity index (χ1n) is 8.91. The first-order chi connectivity index (χ1) is 12.8. The van der Waals surface area contributed by atoms with Crippen molar-refractivity contribution in [2.45, 2.75) is 25.5 Å². The summed E-state index contributed by atoms with van der Waals surface area (Å²) in [6.45, 7) is 9.03. The minimum Gasteiger partial charge on any atom is -0.591 e. The Labute approximate surface area is 172 Å². The Morgan fingerprint density at radius 3 is 2.41 bits per heavy atom. The van der Waals surface area contributed by atoms with Crippen molar-refractivity contribution in [3.8, 4) is 0 Å². The molecule has 1 aliphatic heterocycles. The van der Waals surface area contributed by atoms with Crippen molar-refractivity contribution in [2.24, 2.45) is 4.40 Å². The molecule has 0 saturated carbocycles. The molecule has 2 aromatic rings. The number of anilines is 1. The third-order valence-corrected chi connectivity index (χ3v) is 6.01. The molecule has 0 N–H and O–H groups in total. The van der Waals surface area contributed by atoms with Crippen molar-refractivity contribution in [1.29, 1.82) is 0 Å². The van der Waals surface area contributed by atoms with Gasteiger partial charge in [0.05, 0.1) is 18.9 Å². The number of nitrogens with zero attached hydrogens (tertiary/aromatic N) is 3. The summed E-state index contributed by atoms with van der Waals surface area (Å²) in [6.07, 6.45) is 0. The fraction of sp³-hybridized carbons (Fsp3) is 0.400. The number of aromatic nitrogens is 1. The van der Waals surface area contributed by atoms with Gasteiger partial charge in [0.1, 0.15) is 26.4 Å². The number of halogens is 1. The van der Waals surface area contributed by atoms with Crippen molar-refractivity contribution >= 4 is 38.7 Å². The van der Waals surface area contributed by atoms with E-state index in [4.69, 9.17) is 4.74 Å². The average Bonchev–Trinajstić information content (AvgIpc) is 2.66. The Kier molecular flexibility index (Phi) is 6.57. The monoisotopic (exact) mass is 449 g/mol. The summed E-state index contributed by atoms with van der Waals surface area (Å²) in [5.41, 5.74) is 3.38. The highest BCUT2D eigenvalue weighted by molar-refractivity contribution is 9.10. The zero-order chi connectivity index (χ0) is 19.4. The van der Waals surface area contributed by atoms with Crippen LogP contribution >= 0.6 is 15.9 Å². The lowest BCUT2D eigenvalue weighted by molar-refractivity contribution is 0.122. The largest absolute Gasteiger partial charge is 0.591 e. The predicted molar refractivity (Wildman–Crippen MR) is 115 cm³/mol. The summed E-state index contributed by atoms with van der Waals surface area (Å²) in [4.78, 5) is 6.82. The van der Waals surface area contributed by atoms with Crippen LogP contribution in [0.3, 0.4) is 0 Å². The molecule has 1 fully saturated rings. The van der Waals surface area contributed by atoms with Gasteiger partial charge < -0.3 is 14.2 Å². The van der Waals surface area contributed by atoms with Gasteiger partial charge in [0.15, 0.2) is 0 Å². The Hall–Kier alpha value is -1.41. The second-order valence-electron chi connectivity index (χ2n) is 7.29. The molecule has 5 nitrogen and oxygen atoms in total. The van der Waals surface area contributed by atoms with E-state index in [0.717, 1.165) is 42.2 Å². The van der Waals surface area contributed by atoms with Gasteiger partial charge in [-0.2, -0.15) is 0 Å². The molecule has 0 aliphatic carbocycles. The molecular weight excluding hydrogens is 426 g/mol. The summed E-state index contributed by atoms with van der Waals surface area (Å²) >= 11 is 2.03. The SMILES string of the molecule is CC(C)(C)[S+]([O-])/N=C(\c1ccc(N2CCOCC2)cc1)c1cccc(Br)n1. The van der Waals surface area contributed by atoms with Crippen LogP contribution in [0.1, 0.15) is 32.0 Å². The molecule has 1 atom stereocenters. The molecule has 7 heteroatoms. The van der Waals surface area contributed by atoms with Crippen LogP contribution in [-0.2, 0) is 16.1 Å². The second-order valence-corrected chi connectivity index (χ2v) is 10.0. The predicted octanol–water partition coefficient (Wildman–Crippen LogP) is 3.98. The Bertz CT molecular complexity index is 800. The molecule has 1 saturated heterocycles. The van der Waals surface area contributed by atoms with Gasteiger partial charge in [0, 0.05) is 24.3 Å². The van der Waals surface area contributed by atoms with Gasteiger partial charge >= 0.3 is 0 Å². The molecule has 1 aliphatic rings. The zero-order valence-corrected chi connectivity index (χ0v) is 18.2. The molecule has 27 heavy (non-hydrogen) atoms. The van der Waals surface area contributed by atoms with Gasteiger partial charge in [-0.25, -0.2) is 4.98 Å². The zero-order valence-electron chi connectivity index (χ0n) is 15.8. The van der Waals surface area contributed by atoms with Crippen LogP contribution in [0.2, 0.25) is 0 Å². The van der Waals surface area contributed by atoms with E-state index in [2.05, 4.69) is 42.3 Å². The highest BCUT2D eigenvalue weighted by Crippen LogP contribution is 2.23. The van der Waals surface area contributed by atoms with Crippen molar-refractivity contribution in [2.75, 3.05) is 31.2 Å². The number of morpholine rings is 1. The first kappa shape index (κ1) is 20.3. The molecular formula is C20H24BrN3O2S. The minimum atomic E-state index is -1.38. The smallest absolute Gasteiger partial charge is 0.147 e. The third-order valence-electron chi connectivity index (χ3n) is 4.17. The van der Waals surface area contributed by atoms with Gasteiger partial charge in [-0.05, 0) is 61.0 Å². The van der Waals surface area contributed by atoms with Crippen LogP contribution in [0.5, 0.6) is 0 Å². The van der Waals surface area contributed by atoms with Crippen LogP contribution in [0, 0.1) is 0 Å². The molecule has 2 heterocycles. The van der Waals surface area contributed by atoms with E-state index >= 15 is 0 Å². The standard InChI is InChI=1S/C20H24BrN3O2S/c1-20(2,3)27(25)23-19(17-5-4-6-18(21)22-17)15-7-9-16(10-8-15)24-11-13-26-14-12-24/h4-10H,11-14H2,1-3H3/b23-19+. The maximum Gasteiger partial charge on any atom is 0.147 e. The molecule has 0 bridgehead atoms. The molecule has 1 aromatic heterocycles. The molecule has 0 radical (unpaired) electrons. The lowest BCUT2D eigenvalue weighted by Gasteiger charge is -2.29. The van der Waals surface area contributed by atoms with E-state index in [1.54, 1.807) is 0 Å². The fourth-order valence-electron chi connectivity index (χ4n) is 2.66. The maximum absolute atomic E-state index is 12.7. The van der Waals surface area contributed by atoms with E-state index in [-0.39, 0.29) is 0 Å². The second kappa shape index (κ2) is 8.73. The van der Waals surface area contributed by atoms with E-state index in [1.807, 2.05) is 51.1 Å². The highest BCUT2D eigenvalue weighted by Gasteiger charge is 2.28. The van der Waals surface area contributed by atoms with E-state index < -0.39 is 16.1 Å². The molecule has 0 amide bonds. The Morgan fingerprint density at radius 1 is 1.15 bits per heavy atom. The molecule has 0 spiro atoms. The number of hydrogen-bond acceptors (Lipinski definition) is 5. The lowest BCUT2D eigenvalue weighted by Crippen LogP contribution is -2.36. The van der Waals surface area contributed by atoms with Crippen molar-refractivity contribution in [3.05, 3.63) is 58.3 Å². The van der Waals surface area contributed by atoms with E-state index in [9.17, 15) is 4.55 Å². The molecule has 3 rings (SSSR count). The van der Waals surface area contributed by atoms with Crippen LogP contribution < -0.4 is 4.90 Å². The quantitative estimate of drug-likeness (QED) is 0.402. The summed E-state index contributed by atoms with van der Waals surface area (Å²) in [7, 11) is 0. The normalized spacial score (nSPS) is 17.1. The van der Waals surface area contributed by atoms with Gasteiger partial charge in [-0.15, -0.1) is 0 Å². The lowest BCUT2D eigenvalue weighted by atomic mass is 10.1. The van der Waals surface area contributed by atoms with E-state index in [1.165, 1.54) is 0 Å². The Balaban J connectivity index is 1.96. The van der Waals surface area contributed by atoms with Crippen molar-refractivity contribution < 1.29 is 9.29 Å². The van der Waals surface area contributed by atoms with Gasteiger partial charge in [0.2, 0.25) is 0 Å². The number of benzene rings is 1. The van der Waals surface area contributed by atoms with Crippen LogP contribution in [0.4, 0.5) is 5.69 Å². The van der Waals surface area contributed by atoms with Crippen LogP contribution in [0.25, 0.3) is 0 Å². The summed E-state index contributed by atoms with van der Waals surface area (Å²) < 4.78 is 22.9. The first-order valence-corrected chi connectivity index (χ1v) is 10.8. The maximum atomic E-state index is 12.7. The van der Waals surface area contributed by atoms with Crippen molar-refractivity contribution in [3.63, 3.8) is 0 Å². The van der Waals surface area contributed by atoms with Gasteiger partial charge in [0.25, 0.3) is 0 Å². The van der Waals surface area contributed by atoms with Crippen molar-refractivity contribution in [1.82, 2.24) is 4.98 Å². The number of ether oxygens (including phenoxy) is 1. The van der Waals surface area contributed by atoms with Gasteiger partial charge in [-0.1, -0.05) is 22.6 Å². The van der Waals surface area contributed by atoms with Crippen LogP contribution in [-0.4, -0.2) is 46.3 Å². The summed E-state index contributed by atoms with van der Waals surface area (Å²) in [5.74, 6) is 0. The molecule has 1 unspecified atom stereocenters. The fourth-order valence-corrected chi connectivity index (χ4v) is 3.64. The van der Waals surface area contributed by atoms with Crippen LogP contribution in [0.15, 0.2) is 51.5 Å². The minimum absolute atomic E-state index is 0.439. The summed E-state index contributed by atoms with van der Waals surface area (Å²) in [6, 6.07) is 13.9. The van der Waals surface area contributed by atoms with E-state index in [0.29, 0.717) is 11.4 Å². The molecule has 1 aromatic carbocycles. The summed E-state index contributed by atoms with van der Waals surface area (Å²) in [5, 5.41) is 0. The third kappa shape index (κ3) is 5.31. The van der Waals surface area contributed by atoms with Gasteiger partial charge in [-0.3, -0.25) is 0 Å². The topological polar surface area (TPSA) is 60.8 Å². The number of hydrogen-bond donors (Lipinski definition) is 0. The number of pyridine rings is 1. The number of rotatable bonds is 4. The Morgan fingerprint density at radius 2 is 1.81 bits per heavy atom. The highest BCUT2D eigenvalue weighted by atomic mass is 79.9. The average molecular weight is 450 g/mol.